The molecule has 0 saturated heterocycles. The van der Waals surface area contributed by atoms with E-state index in [0.717, 1.165) is 16.9 Å². The van der Waals surface area contributed by atoms with Crippen molar-refractivity contribution in [3.05, 3.63) is 29.3 Å². The van der Waals surface area contributed by atoms with E-state index in [1.165, 1.54) is 11.9 Å². The minimum Gasteiger partial charge on any atom is -0.493 e. The lowest BCUT2D eigenvalue weighted by atomic mass is 10.1. The molecule has 0 aromatic heterocycles. The molecule has 0 heterocycles. The first-order valence-electron chi connectivity index (χ1n) is 6.06. The molecule has 0 atom stereocenters. The number of aryl methyl sites for hydroxylation is 1. The molecule has 0 aliphatic heterocycles. The number of carbonyl (C=O) groups excluding carboxylic acids is 1. The Morgan fingerprint density at radius 3 is 2.63 bits per heavy atom. The van der Waals surface area contributed by atoms with Crippen LogP contribution in [0.1, 0.15) is 17.5 Å². The molecule has 0 aliphatic carbocycles. The Labute approximate surface area is 112 Å². The van der Waals surface area contributed by atoms with Crippen molar-refractivity contribution in [2.24, 2.45) is 0 Å². The molecule has 0 radical (unpaired) electrons. The van der Waals surface area contributed by atoms with Crippen molar-refractivity contribution in [3.63, 3.8) is 0 Å². The molecule has 1 aromatic rings. The lowest BCUT2D eigenvalue weighted by molar-refractivity contribution is -0.143. The van der Waals surface area contributed by atoms with Gasteiger partial charge in [-0.15, -0.1) is 0 Å². The smallest absolute Gasteiger partial charge is 0.323 e. The fourth-order valence-corrected chi connectivity index (χ4v) is 1.61. The quantitative estimate of drug-likeness (QED) is 0.848. The average molecular weight is 265 g/mol. The molecule has 0 spiro atoms. The highest BCUT2D eigenvalue weighted by molar-refractivity contribution is 5.81. The molecule has 19 heavy (non-hydrogen) atoms. The van der Waals surface area contributed by atoms with Crippen molar-refractivity contribution in [3.8, 4) is 5.75 Å². The third kappa shape index (κ3) is 4.62. The Morgan fingerprint density at radius 1 is 1.32 bits per heavy atom. The van der Waals surface area contributed by atoms with Gasteiger partial charge in [-0.3, -0.25) is 9.59 Å². The Bertz CT molecular complexity index is 471. The summed E-state index contributed by atoms with van der Waals surface area (Å²) >= 11 is 0. The summed E-state index contributed by atoms with van der Waals surface area (Å²) in [5.74, 6) is -0.507. The van der Waals surface area contributed by atoms with Crippen LogP contribution >= 0.6 is 0 Å². The highest BCUT2D eigenvalue weighted by atomic mass is 16.5. The Morgan fingerprint density at radius 2 is 2.00 bits per heavy atom. The maximum atomic E-state index is 11.6. The van der Waals surface area contributed by atoms with Gasteiger partial charge in [0.15, 0.2) is 0 Å². The Kier molecular flexibility index (Phi) is 5.36. The van der Waals surface area contributed by atoms with E-state index < -0.39 is 5.97 Å². The van der Waals surface area contributed by atoms with E-state index in [-0.39, 0.29) is 25.5 Å². The molecule has 0 bridgehead atoms. The summed E-state index contributed by atoms with van der Waals surface area (Å²) in [6, 6.07) is 5.75. The van der Waals surface area contributed by atoms with Gasteiger partial charge in [-0.05, 0) is 31.0 Å². The van der Waals surface area contributed by atoms with Crippen LogP contribution in [-0.4, -0.2) is 42.1 Å². The molecule has 1 N–H and O–H groups in total. The van der Waals surface area contributed by atoms with Crippen LogP contribution < -0.4 is 4.74 Å². The van der Waals surface area contributed by atoms with Crippen molar-refractivity contribution in [1.29, 1.82) is 0 Å². The number of aliphatic carboxylic acids is 1. The Hall–Kier alpha value is -2.04. The first kappa shape index (κ1) is 15.0. The van der Waals surface area contributed by atoms with Crippen LogP contribution in [-0.2, 0) is 9.59 Å². The van der Waals surface area contributed by atoms with Gasteiger partial charge in [-0.2, -0.15) is 0 Å². The third-order valence-electron chi connectivity index (χ3n) is 2.93. The number of carboxylic acids is 1. The summed E-state index contributed by atoms with van der Waals surface area (Å²) in [5, 5.41) is 8.58. The topological polar surface area (TPSA) is 66.8 Å². The van der Waals surface area contributed by atoms with E-state index in [2.05, 4.69) is 0 Å². The summed E-state index contributed by atoms with van der Waals surface area (Å²) < 4.78 is 5.55. The second kappa shape index (κ2) is 6.78. The van der Waals surface area contributed by atoms with Crippen LogP contribution in [0.3, 0.4) is 0 Å². The standard InChI is InChI=1S/C14H19NO4/c1-10-5-4-6-12(11(10)2)19-8-7-13(16)15(3)9-14(17)18/h4-6H,7-9H2,1-3H3,(H,17,18). The molecule has 0 saturated carbocycles. The number of likely N-dealkylation sites (N-methyl/N-ethyl adjacent to an activating group) is 1. The summed E-state index contributed by atoms with van der Waals surface area (Å²) in [7, 11) is 1.47. The number of carbonyl (C=O) groups is 2. The SMILES string of the molecule is Cc1cccc(OCCC(=O)N(C)CC(=O)O)c1C. The van der Waals surface area contributed by atoms with E-state index in [9.17, 15) is 9.59 Å². The molecular weight excluding hydrogens is 246 g/mol. The zero-order chi connectivity index (χ0) is 14.4. The number of amides is 1. The monoisotopic (exact) mass is 265 g/mol. The maximum absolute atomic E-state index is 11.6. The molecule has 104 valence electrons. The summed E-state index contributed by atoms with van der Waals surface area (Å²) in [4.78, 5) is 23.2. The average Bonchev–Trinajstić information content (AvgIpc) is 2.33. The van der Waals surface area contributed by atoms with E-state index in [0.29, 0.717) is 0 Å². The van der Waals surface area contributed by atoms with E-state index >= 15 is 0 Å². The highest BCUT2D eigenvalue weighted by Crippen LogP contribution is 2.20. The van der Waals surface area contributed by atoms with E-state index in [1.807, 2.05) is 32.0 Å². The first-order valence-corrected chi connectivity index (χ1v) is 6.06. The van der Waals surface area contributed by atoms with Gasteiger partial charge in [0.2, 0.25) is 5.91 Å². The second-order valence-electron chi connectivity index (χ2n) is 4.44. The Balaban J connectivity index is 2.44. The number of nitrogens with zero attached hydrogens (tertiary/aromatic N) is 1. The first-order chi connectivity index (χ1) is 8.91. The third-order valence-corrected chi connectivity index (χ3v) is 2.93. The van der Waals surface area contributed by atoms with Crippen LogP contribution in [0.15, 0.2) is 18.2 Å². The summed E-state index contributed by atoms with van der Waals surface area (Å²) in [6.45, 7) is 3.91. The number of hydrogen-bond acceptors (Lipinski definition) is 3. The van der Waals surface area contributed by atoms with Crippen LogP contribution in [0.25, 0.3) is 0 Å². The van der Waals surface area contributed by atoms with Crippen LogP contribution in [0.4, 0.5) is 0 Å². The zero-order valence-corrected chi connectivity index (χ0v) is 11.5. The van der Waals surface area contributed by atoms with Crippen molar-refractivity contribution in [2.75, 3.05) is 20.2 Å². The predicted octanol–water partition coefficient (Wildman–Crippen LogP) is 1.62. The van der Waals surface area contributed by atoms with Gasteiger partial charge in [0.05, 0.1) is 13.0 Å². The molecule has 0 unspecified atom stereocenters. The zero-order valence-electron chi connectivity index (χ0n) is 11.5. The van der Waals surface area contributed by atoms with Crippen molar-refractivity contribution in [2.45, 2.75) is 20.3 Å². The van der Waals surface area contributed by atoms with E-state index in [1.54, 1.807) is 0 Å². The van der Waals surface area contributed by atoms with Gasteiger partial charge >= 0.3 is 5.97 Å². The molecule has 1 rings (SSSR count). The molecule has 5 heteroatoms. The molecule has 1 amide bonds. The maximum Gasteiger partial charge on any atom is 0.323 e. The number of rotatable bonds is 6. The fraction of sp³-hybridized carbons (Fsp3) is 0.429. The lowest BCUT2D eigenvalue weighted by Gasteiger charge is -2.15. The number of benzene rings is 1. The van der Waals surface area contributed by atoms with E-state index in [4.69, 9.17) is 9.84 Å². The minimum atomic E-state index is -1.02. The number of hydrogen-bond donors (Lipinski definition) is 1. The number of ether oxygens (including phenoxy) is 1. The minimum absolute atomic E-state index is 0.164. The molecular formula is C14H19NO4. The highest BCUT2D eigenvalue weighted by Gasteiger charge is 2.12. The van der Waals surface area contributed by atoms with Crippen LogP contribution in [0.2, 0.25) is 0 Å². The molecule has 0 fully saturated rings. The van der Waals surface area contributed by atoms with Gasteiger partial charge in [0.1, 0.15) is 12.3 Å². The molecule has 1 aromatic carbocycles. The van der Waals surface area contributed by atoms with Gasteiger partial charge < -0.3 is 14.7 Å². The largest absolute Gasteiger partial charge is 0.493 e. The van der Waals surface area contributed by atoms with Crippen molar-refractivity contribution in [1.82, 2.24) is 4.90 Å². The van der Waals surface area contributed by atoms with Gasteiger partial charge in [-0.1, -0.05) is 12.1 Å². The predicted molar refractivity (Wildman–Crippen MR) is 71.3 cm³/mol. The normalized spacial score (nSPS) is 10.1. The van der Waals surface area contributed by atoms with Crippen LogP contribution in [0.5, 0.6) is 5.75 Å². The lowest BCUT2D eigenvalue weighted by Crippen LogP contribution is -2.32. The van der Waals surface area contributed by atoms with Crippen molar-refractivity contribution >= 4 is 11.9 Å². The molecule has 0 aliphatic rings. The second-order valence-corrected chi connectivity index (χ2v) is 4.44. The summed E-state index contributed by atoms with van der Waals surface area (Å²) in [6.07, 6.45) is 0.164. The van der Waals surface area contributed by atoms with Crippen molar-refractivity contribution < 1.29 is 19.4 Å². The van der Waals surface area contributed by atoms with Gasteiger partial charge in [0, 0.05) is 7.05 Å². The number of carboxylic acid groups (broad SMARTS) is 1. The fourth-order valence-electron chi connectivity index (χ4n) is 1.61. The van der Waals surface area contributed by atoms with Crippen LogP contribution in [0, 0.1) is 13.8 Å². The van der Waals surface area contributed by atoms with Gasteiger partial charge in [0.25, 0.3) is 0 Å². The molecule has 5 nitrogen and oxygen atoms in total. The van der Waals surface area contributed by atoms with Gasteiger partial charge in [-0.25, -0.2) is 0 Å². The summed E-state index contributed by atoms with van der Waals surface area (Å²) in [5.41, 5.74) is 2.18.